The van der Waals surface area contributed by atoms with Gasteiger partial charge in [-0.25, -0.2) is 0 Å². The van der Waals surface area contributed by atoms with Crippen LogP contribution in [0, 0.1) is 24.1 Å². The number of halogens is 1. The van der Waals surface area contributed by atoms with Crippen LogP contribution in [-0.2, 0) is 12.5 Å². The van der Waals surface area contributed by atoms with Gasteiger partial charge in [0.05, 0.1) is 0 Å². The second-order valence-corrected chi connectivity index (χ2v) is 13.2. The molecule has 0 saturated heterocycles. The molecule has 2 aromatic heterocycles. The molecule has 0 aliphatic rings. The second kappa shape index (κ2) is 8.91. The summed E-state index contributed by atoms with van der Waals surface area (Å²) in [7, 11) is 2.01. The molecule has 4 aromatic carbocycles. The molecule has 38 heavy (non-hydrogen) atoms. The van der Waals surface area contributed by atoms with Crippen molar-refractivity contribution >= 4 is 44.6 Å². The number of fused-ring (bicyclic) bond motifs is 4. The number of rotatable bonds is 2. The zero-order valence-corrected chi connectivity index (χ0v) is 23.9. The van der Waals surface area contributed by atoms with Gasteiger partial charge in [0.25, 0.3) is 0 Å². The maximum absolute atomic E-state index is 15.4. The molecule has 6 aromatic rings. The van der Waals surface area contributed by atoms with Crippen molar-refractivity contribution in [3.05, 3.63) is 102 Å². The van der Waals surface area contributed by atoms with Gasteiger partial charge in [-0.05, 0) is 0 Å². The number of hydrogen-bond donors (Lipinski definition) is 0. The van der Waals surface area contributed by atoms with Crippen molar-refractivity contribution in [1.29, 1.82) is 5.26 Å². The molecule has 0 radical (unpaired) electrons. The van der Waals surface area contributed by atoms with E-state index in [1.54, 1.807) is 6.07 Å². The normalized spacial score (nSPS) is 11.9. The first-order valence-electron chi connectivity index (χ1n) is 12.8. The van der Waals surface area contributed by atoms with Gasteiger partial charge >= 0.3 is 229 Å². The zero-order chi connectivity index (χ0) is 26.8. The van der Waals surface area contributed by atoms with Gasteiger partial charge in [-0.2, -0.15) is 0 Å². The van der Waals surface area contributed by atoms with Gasteiger partial charge in [-0.15, -0.1) is 0 Å². The van der Waals surface area contributed by atoms with E-state index in [-0.39, 0.29) is 25.7 Å². The molecule has 0 aliphatic carbocycles. The van der Waals surface area contributed by atoms with Crippen molar-refractivity contribution in [2.75, 3.05) is 0 Å². The molecule has 0 unspecified atom stereocenters. The Morgan fingerprint density at radius 1 is 0.842 bits per heavy atom. The zero-order valence-electron chi connectivity index (χ0n) is 22.2. The molecule has 0 amide bonds. The standard InChI is InChI=1S/C34H28FN2Se/c1-20-10-14-25-26-15-13-24(18-36)31(23-12-11-21-8-6-7-9-22(21)16-23)33(26)38-32(25)30(20)29-17-28(35)27(19-37(29)5)34(2,3)4/h6-17,19H,1-5H3/q+1. The van der Waals surface area contributed by atoms with Crippen molar-refractivity contribution in [2.45, 2.75) is 33.1 Å². The number of nitrogens with zero attached hydrogens (tertiary/aromatic N) is 2. The summed E-state index contributed by atoms with van der Waals surface area (Å²) in [5.74, 6) is -0.172. The molecule has 2 heterocycles. The van der Waals surface area contributed by atoms with Crippen LogP contribution in [0.15, 0.2) is 79.0 Å². The number of nitriles is 1. The third-order valence-corrected chi connectivity index (χ3v) is 10.1. The van der Waals surface area contributed by atoms with Gasteiger partial charge in [0.1, 0.15) is 0 Å². The molecule has 0 fully saturated rings. The Morgan fingerprint density at radius 2 is 1.53 bits per heavy atom. The van der Waals surface area contributed by atoms with Gasteiger partial charge in [0.15, 0.2) is 0 Å². The number of aryl methyl sites for hydroxylation is 2. The van der Waals surface area contributed by atoms with Crippen LogP contribution in [0.3, 0.4) is 0 Å². The summed E-state index contributed by atoms with van der Waals surface area (Å²) >= 11 is -0.0496. The van der Waals surface area contributed by atoms with E-state index in [4.69, 9.17) is 0 Å². The molecule has 0 aliphatic heterocycles. The van der Waals surface area contributed by atoms with Crippen molar-refractivity contribution < 1.29 is 8.96 Å². The van der Waals surface area contributed by atoms with Gasteiger partial charge in [-0.1, -0.05) is 0 Å². The fourth-order valence-corrected chi connectivity index (χ4v) is 8.57. The van der Waals surface area contributed by atoms with Crippen molar-refractivity contribution in [2.24, 2.45) is 7.05 Å². The molecular formula is C34H28FN2Se+. The maximum atomic E-state index is 15.4. The van der Waals surface area contributed by atoms with E-state index in [1.165, 1.54) is 24.7 Å². The Labute approximate surface area is 228 Å². The van der Waals surface area contributed by atoms with Crippen LogP contribution < -0.4 is 4.57 Å². The molecule has 6 rings (SSSR count). The summed E-state index contributed by atoms with van der Waals surface area (Å²) in [5, 5.41) is 14.8. The summed E-state index contributed by atoms with van der Waals surface area (Å²) in [6.45, 7) is 8.22. The van der Waals surface area contributed by atoms with Crippen LogP contribution in [0.5, 0.6) is 0 Å². The topological polar surface area (TPSA) is 27.7 Å². The third kappa shape index (κ3) is 3.86. The van der Waals surface area contributed by atoms with Crippen LogP contribution in [0.25, 0.3) is 52.4 Å². The molecule has 2 nitrogen and oxygen atoms in total. The SMILES string of the molecule is Cc1ccc2c([se]c3c(-c4ccc5ccccc5c4)c(C#N)ccc32)c1-c1cc(F)c(C(C)(C)C)c[n+]1C. The monoisotopic (exact) mass is 563 g/mol. The third-order valence-electron chi connectivity index (χ3n) is 7.46. The molecule has 0 spiro atoms. The predicted molar refractivity (Wildman–Crippen MR) is 156 cm³/mol. The summed E-state index contributed by atoms with van der Waals surface area (Å²) in [6.07, 6.45) is 1.94. The summed E-state index contributed by atoms with van der Waals surface area (Å²) < 4.78 is 20.0. The van der Waals surface area contributed by atoms with Gasteiger partial charge < -0.3 is 0 Å². The second-order valence-electron chi connectivity index (χ2n) is 11.1. The van der Waals surface area contributed by atoms with Crippen LogP contribution in [0.4, 0.5) is 4.39 Å². The summed E-state index contributed by atoms with van der Waals surface area (Å²) in [5.41, 5.74) is 6.32. The fourth-order valence-electron chi connectivity index (χ4n) is 5.47. The molecule has 0 N–H and O–H groups in total. The molecule has 0 bridgehead atoms. The first-order valence-corrected chi connectivity index (χ1v) is 14.5. The van der Waals surface area contributed by atoms with Crippen molar-refractivity contribution in [1.82, 2.24) is 0 Å². The minimum absolute atomic E-state index is 0.0496. The Balaban J connectivity index is 1.67. The van der Waals surface area contributed by atoms with E-state index in [0.29, 0.717) is 11.1 Å². The molecule has 0 saturated carbocycles. The molecular weight excluding hydrogens is 534 g/mol. The minimum atomic E-state index is -0.281. The van der Waals surface area contributed by atoms with Crippen LogP contribution >= 0.6 is 0 Å². The first kappa shape index (κ1) is 24.6. The van der Waals surface area contributed by atoms with E-state index in [0.717, 1.165) is 33.3 Å². The predicted octanol–water partition coefficient (Wildman–Crippen LogP) is 7.98. The van der Waals surface area contributed by atoms with E-state index >= 15 is 4.39 Å². The van der Waals surface area contributed by atoms with Crippen LogP contribution in [0.1, 0.15) is 37.5 Å². The van der Waals surface area contributed by atoms with Gasteiger partial charge in [-0.3, -0.25) is 0 Å². The number of hydrogen-bond acceptors (Lipinski definition) is 1. The van der Waals surface area contributed by atoms with Crippen molar-refractivity contribution in [3.63, 3.8) is 0 Å². The summed E-state index contributed by atoms with van der Waals surface area (Å²) in [4.78, 5) is 0. The number of aromatic nitrogens is 1. The van der Waals surface area contributed by atoms with Gasteiger partial charge in [0.2, 0.25) is 0 Å². The number of pyridine rings is 1. The number of benzene rings is 4. The van der Waals surface area contributed by atoms with E-state index in [1.807, 2.05) is 52.2 Å². The fraction of sp³-hybridized carbons (Fsp3) is 0.176. The van der Waals surface area contributed by atoms with E-state index in [9.17, 15) is 5.26 Å². The Bertz CT molecular complexity index is 1950. The van der Waals surface area contributed by atoms with Crippen LogP contribution in [-0.4, -0.2) is 14.5 Å². The Hall–Kier alpha value is -3.77. The van der Waals surface area contributed by atoms with Gasteiger partial charge in [0, 0.05) is 0 Å². The molecule has 0 atom stereocenters. The average molecular weight is 563 g/mol. The van der Waals surface area contributed by atoms with E-state index in [2.05, 4.69) is 66.1 Å². The van der Waals surface area contributed by atoms with Crippen molar-refractivity contribution in [3.8, 4) is 28.5 Å². The molecule has 4 heteroatoms. The van der Waals surface area contributed by atoms with E-state index < -0.39 is 0 Å². The average Bonchev–Trinajstić information content (AvgIpc) is 3.27. The summed E-state index contributed by atoms with van der Waals surface area (Å²) in [6, 6.07) is 27.3. The quantitative estimate of drug-likeness (QED) is 0.155. The van der Waals surface area contributed by atoms with Crippen LogP contribution in [0.2, 0.25) is 0 Å². The Morgan fingerprint density at radius 3 is 2.24 bits per heavy atom. The Kier molecular flexibility index (Phi) is 5.76. The molecule has 186 valence electrons. The first-order chi connectivity index (χ1) is 18.2.